The first-order valence-electron chi connectivity index (χ1n) is 6.04. The summed E-state index contributed by atoms with van der Waals surface area (Å²) in [6, 6.07) is 3.58. The second-order valence-corrected chi connectivity index (χ2v) is 5.16. The Balaban J connectivity index is 1.74. The minimum Gasteiger partial charge on any atom is -0.476 e. The highest BCUT2D eigenvalue weighted by molar-refractivity contribution is 7.09. The first-order valence-corrected chi connectivity index (χ1v) is 6.92. The summed E-state index contributed by atoms with van der Waals surface area (Å²) in [6.45, 7) is 2.25. The summed E-state index contributed by atoms with van der Waals surface area (Å²) in [4.78, 5) is 26.3. The quantitative estimate of drug-likeness (QED) is 0.845. The standard InChI is InChI=1S/C13H14N2O4S/c1-8-2-3-9(19-8)6-11(16)14-5-4-12-15-10(7-20-12)13(17)18/h2-3,7H,4-6H2,1H3,(H,14,16)(H,17,18). The number of aromatic carboxylic acids is 1. The molecule has 0 unspecified atom stereocenters. The molecule has 0 bridgehead atoms. The fraction of sp³-hybridized carbons (Fsp3) is 0.308. The minimum absolute atomic E-state index is 0.0439. The van der Waals surface area contributed by atoms with E-state index in [1.165, 1.54) is 16.7 Å². The van der Waals surface area contributed by atoms with Crippen LogP contribution in [0.5, 0.6) is 0 Å². The van der Waals surface area contributed by atoms with Crippen LogP contribution in [0.2, 0.25) is 0 Å². The molecule has 7 heteroatoms. The van der Waals surface area contributed by atoms with E-state index in [9.17, 15) is 9.59 Å². The van der Waals surface area contributed by atoms with E-state index < -0.39 is 5.97 Å². The normalized spacial score (nSPS) is 10.4. The molecule has 0 atom stereocenters. The predicted molar refractivity (Wildman–Crippen MR) is 72.9 cm³/mol. The Morgan fingerprint density at radius 2 is 2.25 bits per heavy atom. The van der Waals surface area contributed by atoms with Crippen molar-refractivity contribution in [3.63, 3.8) is 0 Å². The van der Waals surface area contributed by atoms with Crippen LogP contribution >= 0.6 is 11.3 Å². The second kappa shape index (κ2) is 6.33. The maximum atomic E-state index is 11.6. The highest BCUT2D eigenvalue weighted by Gasteiger charge is 2.09. The number of furan rings is 1. The Bertz CT molecular complexity index is 617. The van der Waals surface area contributed by atoms with Crippen LogP contribution in [0.4, 0.5) is 0 Å². The summed E-state index contributed by atoms with van der Waals surface area (Å²) < 4.78 is 5.31. The molecule has 0 aliphatic rings. The van der Waals surface area contributed by atoms with Crippen molar-refractivity contribution >= 4 is 23.2 Å². The van der Waals surface area contributed by atoms with Crippen LogP contribution in [0.25, 0.3) is 0 Å². The highest BCUT2D eigenvalue weighted by Crippen LogP contribution is 2.10. The monoisotopic (exact) mass is 294 g/mol. The fourth-order valence-electron chi connectivity index (χ4n) is 1.63. The lowest BCUT2D eigenvalue weighted by atomic mass is 10.3. The summed E-state index contributed by atoms with van der Waals surface area (Å²) in [7, 11) is 0. The number of carbonyl (C=O) groups is 2. The molecule has 20 heavy (non-hydrogen) atoms. The third-order valence-electron chi connectivity index (χ3n) is 2.56. The smallest absolute Gasteiger partial charge is 0.355 e. The van der Waals surface area contributed by atoms with Crippen LogP contribution in [0.3, 0.4) is 0 Å². The summed E-state index contributed by atoms with van der Waals surface area (Å²) in [5.41, 5.74) is 0.0439. The van der Waals surface area contributed by atoms with E-state index in [2.05, 4.69) is 10.3 Å². The lowest BCUT2D eigenvalue weighted by molar-refractivity contribution is -0.120. The van der Waals surface area contributed by atoms with Gasteiger partial charge >= 0.3 is 5.97 Å². The average Bonchev–Trinajstić information content (AvgIpc) is 2.99. The molecule has 1 amide bonds. The Morgan fingerprint density at radius 1 is 1.45 bits per heavy atom. The Morgan fingerprint density at radius 3 is 2.85 bits per heavy atom. The van der Waals surface area contributed by atoms with Crippen molar-refractivity contribution in [3.8, 4) is 0 Å². The van der Waals surface area contributed by atoms with E-state index >= 15 is 0 Å². The van der Waals surface area contributed by atoms with Crippen molar-refractivity contribution in [1.82, 2.24) is 10.3 Å². The molecule has 2 rings (SSSR count). The number of amides is 1. The van der Waals surface area contributed by atoms with Gasteiger partial charge in [0.15, 0.2) is 5.69 Å². The van der Waals surface area contributed by atoms with E-state index in [0.29, 0.717) is 23.7 Å². The Kier molecular flexibility index (Phi) is 4.52. The molecular formula is C13H14N2O4S. The van der Waals surface area contributed by atoms with Crippen LogP contribution < -0.4 is 5.32 Å². The van der Waals surface area contributed by atoms with Gasteiger partial charge in [-0.15, -0.1) is 11.3 Å². The maximum Gasteiger partial charge on any atom is 0.355 e. The van der Waals surface area contributed by atoms with Crippen molar-refractivity contribution < 1.29 is 19.1 Å². The SMILES string of the molecule is Cc1ccc(CC(=O)NCCc2nc(C(=O)O)cs2)o1. The van der Waals surface area contributed by atoms with E-state index in [1.807, 2.05) is 13.0 Å². The molecule has 0 spiro atoms. The lowest BCUT2D eigenvalue weighted by Crippen LogP contribution is -2.27. The summed E-state index contributed by atoms with van der Waals surface area (Å²) in [5.74, 6) is 0.235. The zero-order valence-corrected chi connectivity index (χ0v) is 11.7. The van der Waals surface area contributed by atoms with Crippen molar-refractivity contribution in [2.45, 2.75) is 19.8 Å². The minimum atomic E-state index is -1.04. The molecule has 2 heterocycles. The number of nitrogens with zero attached hydrogens (tertiary/aromatic N) is 1. The van der Waals surface area contributed by atoms with Gasteiger partial charge in [0.1, 0.15) is 11.5 Å². The molecule has 6 nitrogen and oxygen atoms in total. The fourth-order valence-corrected chi connectivity index (χ4v) is 2.41. The number of carboxylic acid groups (broad SMARTS) is 1. The number of nitrogens with one attached hydrogen (secondary N) is 1. The summed E-state index contributed by atoms with van der Waals surface area (Å²) in [5, 5.41) is 13.7. The van der Waals surface area contributed by atoms with Gasteiger partial charge in [0.05, 0.1) is 11.4 Å². The van der Waals surface area contributed by atoms with E-state index in [0.717, 1.165) is 5.76 Å². The van der Waals surface area contributed by atoms with Crippen LogP contribution in [0.15, 0.2) is 21.9 Å². The van der Waals surface area contributed by atoms with Gasteiger partial charge in [0, 0.05) is 18.3 Å². The molecule has 0 aromatic carbocycles. The number of rotatable bonds is 6. The van der Waals surface area contributed by atoms with Gasteiger partial charge in [0.25, 0.3) is 0 Å². The molecule has 0 aliphatic heterocycles. The lowest BCUT2D eigenvalue weighted by Gasteiger charge is -2.02. The van der Waals surface area contributed by atoms with Crippen molar-refractivity contribution in [2.75, 3.05) is 6.54 Å². The van der Waals surface area contributed by atoms with Crippen molar-refractivity contribution in [2.24, 2.45) is 0 Å². The third kappa shape index (κ3) is 3.92. The van der Waals surface area contributed by atoms with Crippen LogP contribution in [0, 0.1) is 6.92 Å². The summed E-state index contributed by atoms with van der Waals surface area (Å²) >= 11 is 1.28. The first kappa shape index (κ1) is 14.3. The number of hydrogen-bond acceptors (Lipinski definition) is 5. The van der Waals surface area contributed by atoms with Gasteiger partial charge in [0.2, 0.25) is 5.91 Å². The maximum absolute atomic E-state index is 11.6. The molecular weight excluding hydrogens is 280 g/mol. The molecule has 2 aromatic rings. The van der Waals surface area contributed by atoms with Gasteiger partial charge in [-0.2, -0.15) is 0 Å². The first-order chi connectivity index (χ1) is 9.54. The number of aromatic nitrogens is 1. The zero-order valence-electron chi connectivity index (χ0n) is 10.9. The molecule has 0 saturated carbocycles. The number of hydrogen-bond donors (Lipinski definition) is 2. The average molecular weight is 294 g/mol. The highest BCUT2D eigenvalue weighted by atomic mass is 32.1. The van der Waals surface area contributed by atoms with E-state index in [1.54, 1.807) is 6.07 Å². The molecule has 0 fully saturated rings. The van der Waals surface area contributed by atoms with E-state index in [4.69, 9.17) is 9.52 Å². The Labute approximate surface area is 119 Å². The zero-order chi connectivity index (χ0) is 14.5. The van der Waals surface area contributed by atoms with Gasteiger partial charge < -0.3 is 14.8 Å². The predicted octanol–water partition coefficient (Wildman–Crippen LogP) is 1.64. The molecule has 0 aliphatic carbocycles. The van der Waals surface area contributed by atoms with Crippen LogP contribution in [0.1, 0.15) is 27.0 Å². The Hall–Kier alpha value is -2.15. The molecule has 2 aromatic heterocycles. The number of carbonyl (C=O) groups excluding carboxylic acids is 1. The number of aryl methyl sites for hydroxylation is 1. The van der Waals surface area contributed by atoms with Crippen molar-refractivity contribution in [1.29, 1.82) is 0 Å². The molecule has 0 saturated heterocycles. The molecule has 2 N–H and O–H groups in total. The van der Waals surface area contributed by atoms with Gasteiger partial charge in [-0.25, -0.2) is 9.78 Å². The number of thiazole rings is 1. The van der Waals surface area contributed by atoms with Crippen LogP contribution in [-0.4, -0.2) is 28.5 Å². The third-order valence-corrected chi connectivity index (χ3v) is 3.47. The molecule has 106 valence electrons. The van der Waals surface area contributed by atoms with Crippen molar-refractivity contribution in [3.05, 3.63) is 39.7 Å². The van der Waals surface area contributed by atoms with E-state index in [-0.39, 0.29) is 18.0 Å². The van der Waals surface area contributed by atoms with Gasteiger partial charge in [-0.3, -0.25) is 4.79 Å². The number of carboxylic acids is 1. The summed E-state index contributed by atoms with van der Waals surface area (Å²) in [6.07, 6.45) is 0.715. The topological polar surface area (TPSA) is 92.4 Å². The second-order valence-electron chi connectivity index (χ2n) is 4.22. The van der Waals surface area contributed by atoms with Gasteiger partial charge in [-0.05, 0) is 19.1 Å². The largest absolute Gasteiger partial charge is 0.476 e. The van der Waals surface area contributed by atoms with Gasteiger partial charge in [-0.1, -0.05) is 0 Å². The van der Waals surface area contributed by atoms with Crippen LogP contribution in [-0.2, 0) is 17.6 Å². The molecule has 0 radical (unpaired) electrons.